The van der Waals surface area contributed by atoms with Gasteiger partial charge in [-0.05, 0) is 12.8 Å². The summed E-state index contributed by atoms with van der Waals surface area (Å²) < 4.78 is 12.1. The van der Waals surface area contributed by atoms with Crippen molar-refractivity contribution in [1.29, 1.82) is 0 Å². The van der Waals surface area contributed by atoms with E-state index >= 15 is 0 Å². The first-order valence-electron chi connectivity index (χ1n) is 6.54. The lowest BCUT2D eigenvalue weighted by Gasteiger charge is -2.38. The Bertz CT molecular complexity index is 170. The van der Waals surface area contributed by atoms with Gasteiger partial charge < -0.3 is 10.6 Å². The second kappa shape index (κ2) is 7.98. The number of alkyl halides is 1. The molecule has 1 fully saturated rings. The molecule has 1 aliphatic heterocycles. The van der Waals surface area contributed by atoms with Crippen LogP contribution in [0.15, 0.2) is 0 Å². The van der Waals surface area contributed by atoms with Crippen LogP contribution in [-0.4, -0.2) is 61.8 Å². The Hall–Kier alpha value is -0.190. The summed E-state index contributed by atoms with van der Waals surface area (Å²) in [6.07, 6.45) is 3.07. The van der Waals surface area contributed by atoms with Gasteiger partial charge in [-0.1, -0.05) is 13.3 Å². The van der Waals surface area contributed by atoms with Gasteiger partial charge in [0.1, 0.15) is 0 Å². The molecule has 1 aliphatic rings. The lowest BCUT2D eigenvalue weighted by molar-refractivity contribution is 0.0926. The zero-order valence-electron chi connectivity index (χ0n) is 10.5. The fraction of sp³-hybridized carbons (Fsp3) is 1.00. The second-order valence-corrected chi connectivity index (χ2v) is 4.60. The van der Waals surface area contributed by atoms with Crippen molar-refractivity contribution in [1.82, 2.24) is 9.80 Å². The molecule has 0 aromatic carbocycles. The van der Waals surface area contributed by atoms with Crippen LogP contribution in [-0.2, 0) is 0 Å². The van der Waals surface area contributed by atoms with Gasteiger partial charge in [-0.2, -0.15) is 0 Å². The van der Waals surface area contributed by atoms with Crippen LogP contribution in [0.3, 0.4) is 0 Å². The number of halogens is 1. The van der Waals surface area contributed by atoms with Gasteiger partial charge in [-0.3, -0.25) is 9.29 Å². The normalized spacial score (nSPS) is 21.2. The maximum Gasteiger partial charge on any atom is 0.0906 e. The van der Waals surface area contributed by atoms with E-state index in [0.717, 1.165) is 39.3 Å². The number of rotatable bonds is 7. The van der Waals surface area contributed by atoms with E-state index in [2.05, 4.69) is 16.7 Å². The van der Waals surface area contributed by atoms with Crippen LogP contribution in [0.4, 0.5) is 4.39 Å². The monoisotopic (exact) mass is 231 g/mol. The van der Waals surface area contributed by atoms with Gasteiger partial charge in [-0.25, -0.2) is 0 Å². The summed E-state index contributed by atoms with van der Waals surface area (Å²) in [7, 11) is 0. The molecule has 1 rings (SSSR count). The molecule has 1 atom stereocenters. The molecule has 0 aromatic heterocycles. The average Bonchev–Trinajstić information content (AvgIpc) is 2.34. The molecule has 0 amide bonds. The number of nitrogens with two attached hydrogens (primary N) is 1. The molecule has 2 N–H and O–H groups in total. The van der Waals surface area contributed by atoms with Crippen LogP contribution in [0.25, 0.3) is 0 Å². The van der Waals surface area contributed by atoms with Crippen molar-refractivity contribution >= 4 is 0 Å². The van der Waals surface area contributed by atoms with E-state index in [1.54, 1.807) is 0 Å². The van der Waals surface area contributed by atoms with E-state index in [-0.39, 0.29) is 6.67 Å². The smallest absolute Gasteiger partial charge is 0.0906 e. The topological polar surface area (TPSA) is 32.5 Å². The minimum Gasteiger partial charge on any atom is -0.329 e. The third-order valence-electron chi connectivity index (χ3n) is 3.43. The first-order valence-corrected chi connectivity index (χ1v) is 6.54. The van der Waals surface area contributed by atoms with E-state index in [1.165, 1.54) is 12.8 Å². The Morgan fingerprint density at radius 1 is 1.25 bits per heavy atom. The molecule has 16 heavy (non-hydrogen) atoms. The Labute approximate surface area is 98.8 Å². The Kier molecular flexibility index (Phi) is 6.92. The van der Waals surface area contributed by atoms with Gasteiger partial charge in [0.25, 0.3) is 0 Å². The molecular formula is C12H26FN3. The SMILES string of the molecule is CCCC(CN)N1CCN(CCCF)CC1. The van der Waals surface area contributed by atoms with Gasteiger partial charge in [0.2, 0.25) is 0 Å². The van der Waals surface area contributed by atoms with Crippen molar-refractivity contribution in [3.05, 3.63) is 0 Å². The maximum atomic E-state index is 12.1. The zero-order chi connectivity index (χ0) is 11.8. The van der Waals surface area contributed by atoms with Crippen LogP contribution >= 0.6 is 0 Å². The molecule has 1 unspecified atom stereocenters. The third kappa shape index (κ3) is 4.36. The molecule has 0 bridgehead atoms. The Balaban J connectivity index is 2.24. The molecule has 1 saturated heterocycles. The van der Waals surface area contributed by atoms with Crippen molar-refractivity contribution in [2.24, 2.45) is 5.73 Å². The third-order valence-corrected chi connectivity index (χ3v) is 3.43. The van der Waals surface area contributed by atoms with Gasteiger partial charge in [0.15, 0.2) is 0 Å². The highest BCUT2D eigenvalue weighted by Gasteiger charge is 2.21. The summed E-state index contributed by atoms with van der Waals surface area (Å²) in [5, 5.41) is 0. The van der Waals surface area contributed by atoms with Gasteiger partial charge >= 0.3 is 0 Å². The van der Waals surface area contributed by atoms with Crippen molar-refractivity contribution in [3.8, 4) is 0 Å². The van der Waals surface area contributed by atoms with Gasteiger partial charge in [0, 0.05) is 45.3 Å². The van der Waals surface area contributed by atoms with Crippen molar-refractivity contribution in [3.63, 3.8) is 0 Å². The summed E-state index contributed by atoms with van der Waals surface area (Å²) in [5.74, 6) is 0. The number of piperazine rings is 1. The summed E-state index contributed by atoms with van der Waals surface area (Å²) >= 11 is 0. The lowest BCUT2D eigenvalue weighted by Crippen LogP contribution is -2.52. The number of nitrogens with zero attached hydrogens (tertiary/aromatic N) is 2. The van der Waals surface area contributed by atoms with E-state index in [4.69, 9.17) is 5.73 Å². The largest absolute Gasteiger partial charge is 0.329 e. The standard InChI is InChI=1S/C12H26FN3/c1-2-4-12(11-14)16-9-7-15(8-10-16)6-3-5-13/h12H,2-11,14H2,1H3. The zero-order valence-corrected chi connectivity index (χ0v) is 10.5. The molecule has 0 aromatic rings. The highest BCUT2D eigenvalue weighted by Crippen LogP contribution is 2.10. The molecule has 4 heteroatoms. The van der Waals surface area contributed by atoms with Crippen LogP contribution in [0.2, 0.25) is 0 Å². The van der Waals surface area contributed by atoms with Gasteiger partial charge in [0.05, 0.1) is 6.67 Å². The minimum absolute atomic E-state index is 0.193. The van der Waals surface area contributed by atoms with E-state index < -0.39 is 0 Å². The minimum atomic E-state index is -0.193. The number of hydrogen-bond donors (Lipinski definition) is 1. The Morgan fingerprint density at radius 2 is 1.94 bits per heavy atom. The van der Waals surface area contributed by atoms with Crippen molar-refractivity contribution in [2.45, 2.75) is 32.2 Å². The van der Waals surface area contributed by atoms with Gasteiger partial charge in [-0.15, -0.1) is 0 Å². The number of hydrogen-bond acceptors (Lipinski definition) is 3. The Morgan fingerprint density at radius 3 is 2.44 bits per heavy atom. The quantitative estimate of drug-likeness (QED) is 0.712. The van der Waals surface area contributed by atoms with Crippen molar-refractivity contribution in [2.75, 3.05) is 45.9 Å². The predicted octanol–water partition coefficient (Wildman–Crippen LogP) is 1.09. The van der Waals surface area contributed by atoms with Crippen LogP contribution in [0.5, 0.6) is 0 Å². The molecule has 3 nitrogen and oxygen atoms in total. The molecule has 0 spiro atoms. The summed E-state index contributed by atoms with van der Waals surface area (Å²) in [6.45, 7) is 8.01. The summed E-state index contributed by atoms with van der Waals surface area (Å²) in [5.41, 5.74) is 5.80. The molecule has 0 radical (unpaired) electrons. The van der Waals surface area contributed by atoms with Crippen LogP contribution in [0, 0.1) is 0 Å². The molecular weight excluding hydrogens is 205 g/mol. The predicted molar refractivity (Wildman–Crippen MR) is 66.4 cm³/mol. The molecule has 0 aliphatic carbocycles. The summed E-state index contributed by atoms with van der Waals surface area (Å²) in [6, 6.07) is 0.549. The highest BCUT2D eigenvalue weighted by atomic mass is 19.1. The fourth-order valence-corrected chi connectivity index (χ4v) is 2.42. The van der Waals surface area contributed by atoms with Crippen LogP contribution in [0.1, 0.15) is 26.2 Å². The van der Waals surface area contributed by atoms with Crippen molar-refractivity contribution < 1.29 is 4.39 Å². The molecule has 96 valence electrons. The average molecular weight is 231 g/mol. The fourth-order valence-electron chi connectivity index (χ4n) is 2.42. The lowest BCUT2D eigenvalue weighted by atomic mass is 10.1. The van der Waals surface area contributed by atoms with E-state index in [1.807, 2.05) is 0 Å². The van der Waals surface area contributed by atoms with Crippen LogP contribution < -0.4 is 5.73 Å². The van der Waals surface area contributed by atoms with E-state index in [9.17, 15) is 4.39 Å². The first kappa shape index (κ1) is 13.9. The highest BCUT2D eigenvalue weighted by molar-refractivity contribution is 4.78. The molecule has 1 heterocycles. The van der Waals surface area contributed by atoms with E-state index in [0.29, 0.717) is 12.5 Å². The molecule has 0 saturated carbocycles. The summed E-state index contributed by atoms with van der Waals surface area (Å²) in [4.78, 5) is 4.85. The maximum absolute atomic E-state index is 12.1. The second-order valence-electron chi connectivity index (χ2n) is 4.60. The first-order chi connectivity index (χ1) is 7.81.